The third kappa shape index (κ3) is 1.78. The first-order chi connectivity index (χ1) is 8.25. The minimum absolute atomic E-state index is 0.238. The Morgan fingerprint density at radius 3 is 2.82 bits per heavy atom. The molecule has 3 rings (SSSR count). The fourth-order valence-corrected chi connectivity index (χ4v) is 2.03. The third-order valence-electron chi connectivity index (χ3n) is 3.07. The van der Waals surface area contributed by atoms with Crippen LogP contribution in [0.5, 0.6) is 5.75 Å². The molecule has 0 bridgehead atoms. The quantitative estimate of drug-likeness (QED) is 0.581. The van der Waals surface area contributed by atoms with Gasteiger partial charge in [-0.1, -0.05) is 0 Å². The molecule has 1 aliphatic heterocycles. The van der Waals surface area contributed by atoms with Crippen LogP contribution in [-0.4, -0.2) is 29.3 Å². The Labute approximate surface area is 98.6 Å². The second-order valence-electron chi connectivity index (χ2n) is 4.26. The van der Waals surface area contributed by atoms with Crippen molar-refractivity contribution in [3.8, 4) is 5.75 Å². The molecule has 0 amide bonds. The van der Waals surface area contributed by atoms with E-state index in [1.54, 1.807) is 6.07 Å². The number of benzene rings is 1. The van der Waals surface area contributed by atoms with Gasteiger partial charge < -0.3 is 25.9 Å². The Kier molecular flexibility index (Phi) is 2.51. The standard InChI is InChI=1S/C12H15N3O2/c13-12(16)9-1-2-10(17-7-5-14-6-7)8-3-4-15-11(8)9/h1-4,7,12,14-16H,5-6,13H2. The molecular formula is C12H15N3O2. The number of fused-ring (bicyclic) bond motifs is 1. The van der Waals surface area contributed by atoms with Crippen molar-refractivity contribution in [3.63, 3.8) is 0 Å². The van der Waals surface area contributed by atoms with Crippen LogP contribution in [0.25, 0.3) is 10.9 Å². The van der Waals surface area contributed by atoms with Crippen LogP contribution in [0.3, 0.4) is 0 Å². The molecule has 2 aromatic rings. The number of nitrogens with two attached hydrogens (primary N) is 1. The predicted molar refractivity (Wildman–Crippen MR) is 64.7 cm³/mol. The van der Waals surface area contributed by atoms with Crippen molar-refractivity contribution in [2.75, 3.05) is 13.1 Å². The van der Waals surface area contributed by atoms with E-state index in [2.05, 4.69) is 10.3 Å². The molecule has 1 aliphatic rings. The van der Waals surface area contributed by atoms with Gasteiger partial charge in [0, 0.05) is 30.2 Å². The van der Waals surface area contributed by atoms with Crippen LogP contribution in [0.4, 0.5) is 0 Å². The first-order valence-electron chi connectivity index (χ1n) is 5.67. The van der Waals surface area contributed by atoms with Crippen molar-refractivity contribution in [2.24, 2.45) is 5.73 Å². The lowest BCUT2D eigenvalue weighted by Crippen LogP contribution is -2.50. The van der Waals surface area contributed by atoms with Crippen molar-refractivity contribution in [2.45, 2.75) is 12.3 Å². The van der Waals surface area contributed by atoms with E-state index in [-0.39, 0.29) is 6.10 Å². The number of ether oxygens (including phenoxy) is 1. The van der Waals surface area contributed by atoms with Gasteiger partial charge in [0.2, 0.25) is 0 Å². The first-order valence-corrected chi connectivity index (χ1v) is 5.67. The van der Waals surface area contributed by atoms with E-state index in [9.17, 15) is 5.11 Å². The fraction of sp³-hybridized carbons (Fsp3) is 0.333. The highest BCUT2D eigenvalue weighted by Crippen LogP contribution is 2.30. The lowest BCUT2D eigenvalue weighted by Gasteiger charge is -2.28. The van der Waals surface area contributed by atoms with Crippen LogP contribution in [0.2, 0.25) is 0 Å². The maximum Gasteiger partial charge on any atom is 0.130 e. The molecule has 0 spiro atoms. The van der Waals surface area contributed by atoms with Gasteiger partial charge in [-0.05, 0) is 18.2 Å². The van der Waals surface area contributed by atoms with Crippen molar-refractivity contribution in [3.05, 3.63) is 30.0 Å². The van der Waals surface area contributed by atoms with Crippen LogP contribution < -0.4 is 15.8 Å². The number of aliphatic hydroxyl groups is 1. The summed E-state index contributed by atoms with van der Waals surface area (Å²) in [6.45, 7) is 1.76. The monoisotopic (exact) mass is 233 g/mol. The summed E-state index contributed by atoms with van der Waals surface area (Å²) in [4.78, 5) is 3.08. The van der Waals surface area contributed by atoms with E-state index in [1.165, 1.54) is 0 Å². The number of aromatic amines is 1. The zero-order chi connectivity index (χ0) is 11.8. The molecule has 1 aromatic carbocycles. The molecule has 1 fully saturated rings. The fourth-order valence-electron chi connectivity index (χ4n) is 2.03. The lowest BCUT2D eigenvalue weighted by atomic mass is 10.1. The minimum Gasteiger partial charge on any atom is -0.487 e. The van der Waals surface area contributed by atoms with E-state index in [0.29, 0.717) is 5.56 Å². The maximum atomic E-state index is 9.48. The highest BCUT2D eigenvalue weighted by Gasteiger charge is 2.20. The Morgan fingerprint density at radius 2 is 2.18 bits per heavy atom. The largest absolute Gasteiger partial charge is 0.487 e. The van der Waals surface area contributed by atoms with Crippen LogP contribution in [0, 0.1) is 0 Å². The molecule has 0 radical (unpaired) electrons. The van der Waals surface area contributed by atoms with E-state index in [4.69, 9.17) is 10.5 Å². The van der Waals surface area contributed by atoms with Gasteiger partial charge in [-0.25, -0.2) is 0 Å². The van der Waals surface area contributed by atoms with Gasteiger partial charge in [0.15, 0.2) is 0 Å². The third-order valence-corrected chi connectivity index (χ3v) is 3.07. The molecule has 1 unspecified atom stereocenters. The topological polar surface area (TPSA) is 83.3 Å². The van der Waals surface area contributed by atoms with Gasteiger partial charge in [-0.3, -0.25) is 0 Å². The minimum atomic E-state index is -0.976. The average molecular weight is 233 g/mol. The Balaban J connectivity index is 2.02. The van der Waals surface area contributed by atoms with Gasteiger partial charge >= 0.3 is 0 Å². The average Bonchev–Trinajstić information content (AvgIpc) is 2.71. The Bertz CT molecular complexity index is 532. The normalized spacial score (nSPS) is 18.0. The highest BCUT2D eigenvalue weighted by molar-refractivity contribution is 5.88. The lowest BCUT2D eigenvalue weighted by molar-refractivity contribution is 0.144. The van der Waals surface area contributed by atoms with Gasteiger partial charge in [0.1, 0.15) is 18.1 Å². The number of aromatic nitrogens is 1. The van der Waals surface area contributed by atoms with Gasteiger partial charge in [-0.15, -0.1) is 0 Å². The van der Waals surface area contributed by atoms with Crippen LogP contribution >= 0.6 is 0 Å². The molecule has 5 nitrogen and oxygen atoms in total. The summed E-state index contributed by atoms with van der Waals surface area (Å²) in [6.07, 6.45) is 1.08. The molecule has 0 saturated carbocycles. The molecule has 0 aliphatic carbocycles. The van der Waals surface area contributed by atoms with Crippen molar-refractivity contribution in [1.29, 1.82) is 0 Å². The number of rotatable bonds is 3. The SMILES string of the molecule is NC(O)c1ccc(OC2CNC2)c2cc[nH]c12. The van der Waals surface area contributed by atoms with E-state index < -0.39 is 6.23 Å². The number of hydrogen-bond donors (Lipinski definition) is 4. The molecule has 17 heavy (non-hydrogen) atoms. The Hall–Kier alpha value is -1.56. The van der Waals surface area contributed by atoms with E-state index in [0.717, 1.165) is 29.7 Å². The smallest absolute Gasteiger partial charge is 0.130 e. The van der Waals surface area contributed by atoms with Gasteiger partial charge in [0.25, 0.3) is 0 Å². The molecule has 2 heterocycles. The van der Waals surface area contributed by atoms with Crippen LogP contribution in [0.15, 0.2) is 24.4 Å². The molecular weight excluding hydrogens is 218 g/mol. The zero-order valence-electron chi connectivity index (χ0n) is 9.31. The molecule has 1 atom stereocenters. The summed E-state index contributed by atoms with van der Waals surface area (Å²) in [5.41, 5.74) is 7.03. The van der Waals surface area contributed by atoms with Crippen molar-refractivity contribution >= 4 is 10.9 Å². The number of hydrogen-bond acceptors (Lipinski definition) is 4. The number of nitrogens with one attached hydrogen (secondary N) is 2. The van der Waals surface area contributed by atoms with Crippen LogP contribution in [0.1, 0.15) is 11.8 Å². The summed E-state index contributed by atoms with van der Waals surface area (Å²) in [6, 6.07) is 5.59. The number of H-pyrrole nitrogens is 1. The molecule has 1 saturated heterocycles. The summed E-state index contributed by atoms with van der Waals surface area (Å²) in [7, 11) is 0. The summed E-state index contributed by atoms with van der Waals surface area (Å²) >= 11 is 0. The van der Waals surface area contributed by atoms with E-state index in [1.807, 2.05) is 18.3 Å². The molecule has 5 N–H and O–H groups in total. The van der Waals surface area contributed by atoms with Gasteiger partial charge in [-0.2, -0.15) is 0 Å². The van der Waals surface area contributed by atoms with Crippen LogP contribution in [-0.2, 0) is 0 Å². The van der Waals surface area contributed by atoms with Crippen molar-refractivity contribution < 1.29 is 9.84 Å². The zero-order valence-corrected chi connectivity index (χ0v) is 9.31. The van der Waals surface area contributed by atoms with Crippen molar-refractivity contribution in [1.82, 2.24) is 10.3 Å². The summed E-state index contributed by atoms with van der Waals surface area (Å²) in [5, 5.41) is 13.6. The van der Waals surface area contributed by atoms with Gasteiger partial charge in [0.05, 0.1) is 5.52 Å². The highest BCUT2D eigenvalue weighted by atomic mass is 16.5. The second-order valence-corrected chi connectivity index (χ2v) is 4.26. The maximum absolute atomic E-state index is 9.48. The summed E-state index contributed by atoms with van der Waals surface area (Å²) in [5.74, 6) is 0.831. The second kappa shape index (κ2) is 4.03. The number of aliphatic hydroxyl groups excluding tert-OH is 1. The first kappa shape index (κ1) is 10.6. The summed E-state index contributed by atoms with van der Waals surface area (Å²) < 4.78 is 5.85. The molecule has 90 valence electrons. The molecule has 5 heteroatoms. The van der Waals surface area contributed by atoms with E-state index >= 15 is 0 Å². The molecule has 1 aromatic heterocycles. The predicted octanol–water partition coefficient (Wildman–Crippen LogP) is 0.468. The Morgan fingerprint density at radius 1 is 1.35 bits per heavy atom.